The zero-order chi connectivity index (χ0) is 27.8. The number of hydrogen-bond donors (Lipinski definition) is 1. The maximum absolute atomic E-state index is 14.4. The van der Waals surface area contributed by atoms with Crippen molar-refractivity contribution in [2.45, 2.75) is 82.9 Å². The van der Waals surface area contributed by atoms with Crippen LogP contribution in [0.5, 0.6) is 0 Å². The fourth-order valence-electron chi connectivity index (χ4n) is 6.27. The molecular formula is C30H36FN3O5. The van der Waals surface area contributed by atoms with Crippen LogP contribution >= 0.6 is 0 Å². The minimum Gasteiger partial charge on any atom is -0.481 e. The van der Waals surface area contributed by atoms with Gasteiger partial charge in [-0.25, -0.2) is 14.2 Å². The van der Waals surface area contributed by atoms with Crippen LogP contribution < -0.4 is 4.90 Å². The van der Waals surface area contributed by atoms with Gasteiger partial charge >= 0.3 is 12.1 Å². The topological polar surface area (TPSA) is 93.9 Å². The number of aryl methyl sites for hydroxylation is 2. The molecular weight excluding hydrogens is 501 g/mol. The Morgan fingerprint density at radius 1 is 1.13 bits per heavy atom. The molecule has 2 atom stereocenters. The largest absolute Gasteiger partial charge is 0.481 e. The summed E-state index contributed by atoms with van der Waals surface area (Å²) < 4.78 is 27.3. The third-order valence-corrected chi connectivity index (χ3v) is 8.52. The summed E-state index contributed by atoms with van der Waals surface area (Å²) in [6.07, 6.45) is 5.03. The van der Waals surface area contributed by atoms with Crippen LogP contribution in [0.4, 0.5) is 14.9 Å². The van der Waals surface area contributed by atoms with Crippen LogP contribution in [0, 0.1) is 12.7 Å². The van der Waals surface area contributed by atoms with Crippen molar-refractivity contribution in [3.8, 4) is 0 Å². The molecule has 1 aromatic heterocycles. The Morgan fingerprint density at radius 3 is 2.51 bits per heavy atom. The maximum atomic E-state index is 14.4. The van der Waals surface area contributed by atoms with Crippen LogP contribution in [0.1, 0.15) is 73.5 Å². The second-order valence-electron chi connectivity index (χ2n) is 10.8. The fourth-order valence-corrected chi connectivity index (χ4v) is 6.27. The number of carboxylic acid groups (broad SMARTS) is 1. The molecule has 0 saturated heterocycles. The van der Waals surface area contributed by atoms with E-state index in [1.807, 2.05) is 19.1 Å². The van der Waals surface area contributed by atoms with E-state index >= 15 is 0 Å². The zero-order valence-electron chi connectivity index (χ0n) is 22.9. The average molecular weight is 538 g/mol. The number of aliphatic carboxylic acids is 1. The van der Waals surface area contributed by atoms with Crippen LogP contribution in [0.2, 0.25) is 0 Å². The highest BCUT2D eigenvalue weighted by atomic mass is 19.1. The first kappa shape index (κ1) is 27.1. The number of carboxylic acids is 1. The number of fused-ring (bicyclic) bond motifs is 3. The van der Waals surface area contributed by atoms with Gasteiger partial charge in [-0.2, -0.15) is 0 Å². The molecule has 2 aromatic carbocycles. The molecule has 0 spiro atoms. The van der Waals surface area contributed by atoms with E-state index in [0.717, 1.165) is 60.8 Å². The van der Waals surface area contributed by atoms with E-state index in [1.54, 1.807) is 31.1 Å². The molecule has 2 aliphatic rings. The van der Waals surface area contributed by atoms with Gasteiger partial charge in [-0.15, -0.1) is 0 Å². The van der Waals surface area contributed by atoms with Crippen molar-refractivity contribution in [3.63, 3.8) is 0 Å². The Labute approximate surface area is 227 Å². The Kier molecular flexibility index (Phi) is 7.62. The van der Waals surface area contributed by atoms with E-state index in [2.05, 4.69) is 4.57 Å². The molecule has 1 saturated carbocycles. The van der Waals surface area contributed by atoms with Gasteiger partial charge in [0, 0.05) is 31.2 Å². The Morgan fingerprint density at radius 2 is 1.87 bits per heavy atom. The molecule has 0 bridgehead atoms. The van der Waals surface area contributed by atoms with Crippen molar-refractivity contribution in [1.82, 2.24) is 9.55 Å². The van der Waals surface area contributed by atoms with E-state index in [4.69, 9.17) is 14.5 Å². The van der Waals surface area contributed by atoms with Gasteiger partial charge < -0.3 is 19.1 Å². The SMILES string of the molecule is COC(=O)N1c2ccc3c(nc(CC(C(=O)O)c4ccc(C)c(F)c4)n3C3CCC(OC)CC3)c2CC[C@@H]1C. The highest BCUT2D eigenvalue weighted by molar-refractivity contribution is 5.95. The molecule has 1 amide bonds. The van der Waals surface area contributed by atoms with Gasteiger partial charge in [-0.1, -0.05) is 12.1 Å². The summed E-state index contributed by atoms with van der Waals surface area (Å²) in [6.45, 7) is 3.66. The number of carbonyl (C=O) groups excluding carboxylic acids is 1. The molecule has 1 unspecified atom stereocenters. The summed E-state index contributed by atoms with van der Waals surface area (Å²) in [5.74, 6) is -1.73. The molecule has 208 valence electrons. The number of benzene rings is 2. The molecule has 3 aromatic rings. The van der Waals surface area contributed by atoms with Crippen molar-refractivity contribution < 1.29 is 28.6 Å². The summed E-state index contributed by atoms with van der Waals surface area (Å²) >= 11 is 0. The highest BCUT2D eigenvalue weighted by Crippen LogP contribution is 2.40. The number of ether oxygens (including phenoxy) is 2. The minimum absolute atomic E-state index is 0.0129. The standard InChI is InChI=1S/C30H36FN3O5/c1-17-5-7-19(15-24(17)31)23(29(35)36)16-27-32-28-22-12-6-18(2)33(30(37)39-4)25(22)13-14-26(28)34(27)20-8-10-21(38-3)11-9-20/h5,7,13-15,18,20-21,23H,6,8-12,16H2,1-4H3,(H,35,36)/t18-,20?,21?,23?/m0/s1. The van der Waals surface area contributed by atoms with Gasteiger partial charge in [0.05, 0.1) is 35.9 Å². The van der Waals surface area contributed by atoms with Crippen molar-refractivity contribution >= 4 is 28.8 Å². The third-order valence-electron chi connectivity index (χ3n) is 8.52. The van der Waals surface area contributed by atoms with Gasteiger partial charge in [0.1, 0.15) is 11.6 Å². The van der Waals surface area contributed by atoms with Crippen molar-refractivity contribution in [1.29, 1.82) is 0 Å². The number of methoxy groups -OCH3 is 2. The number of carbonyl (C=O) groups is 2. The highest BCUT2D eigenvalue weighted by Gasteiger charge is 2.34. The number of amides is 1. The molecule has 1 N–H and O–H groups in total. The number of imidazole rings is 1. The van der Waals surface area contributed by atoms with Gasteiger partial charge in [-0.05, 0) is 81.7 Å². The number of rotatable bonds is 6. The predicted molar refractivity (Wildman–Crippen MR) is 146 cm³/mol. The molecule has 1 aliphatic heterocycles. The molecule has 39 heavy (non-hydrogen) atoms. The van der Waals surface area contributed by atoms with Gasteiger partial charge in [-0.3, -0.25) is 9.69 Å². The van der Waals surface area contributed by atoms with Gasteiger partial charge in [0.2, 0.25) is 0 Å². The summed E-state index contributed by atoms with van der Waals surface area (Å²) in [5, 5.41) is 10.2. The lowest BCUT2D eigenvalue weighted by molar-refractivity contribution is -0.138. The van der Waals surface area contributed by atoms with E-state index in [0.29, 0.717) is 17.0 Å². The lowest BCUT2D eigenvalue weighted by atomic mass is 9.91. The van der Waals surface area contributed by atoms with Crippen molar-refractivity contribution in [3.05, 3.63) is 58.7 Å². The lowest BCUT2D eigenvalue weighted by Crippen LogP contribution is -2.42. The number of hydrogen-bond acceptors (Lipinski definition) is 5. The van der Waals surface area contributed by atoms with Crippen LogP contribution in [0.15, 0.2) is 30.3 Å². The van der Waals surface area contributed by atoms with Crippen LogP contribution in [0.25, 0.3) is 11.0 Å². The predicted octanol–water partition coefficient (Wildman–Crippen LogP) is 5.93. The van der Waals surface area contributed by atoms with E-state index < -0.39 is 23.8 Å². The van der Waals surface area contributed by atoms with Crippen molar-refractivity contribution in [2.24, 2.45) is 0 Å². The number of aromatic nitrogens is 2. The monoisotopic (exact) mass is 537 g/mol. The third kappa shape index (κ3) is 5.00. The van der Waals surface area contributed by atoms with Gasteiger partial charge in [0.15, 0.2) is 0 Å². The molecule has 9 heteroatoms. The quantitative estimate of drug-likeness (QED) is 0.419. The average Bonchev–Trinajstić information content (AvgIpc) is 3.31. The number of halogens is 1. The molecule has 1 fully saturated rings. The fraction of sp³-hybridized carbons (Fsp3) is 0.500. The normalized spacial score (nSPS) is 22.0. The first-order valence-electron chi connectivity index (χ1n) is 13.6. The van der Waals surface area contributed by atoms with Crippen LogP contribution in [0.3, 0.4) is 0 Å². The smallest absolute Gasteiger partial charge is 0.414 e. The van der Waals surface area contributed by atoms with Crippen LogP contribution in [-0.2, 0) is 27.1 Å². The molecule has 0 radical (unpaired) electrons. The minimum atomic E-state index is -1.02. The molecule has 1 aliphatic carbocycles. The summed E-state index contributed by atoms with van der Waals surface area (Å²) in [6, 6.07) is 8.70. The Hall–Kier alpha value is -3.46. The Balaban J connectivity index is 1.63. The first-order valence-corrected chi connectivity index (χ1v) is 13.6. The Bertz CT molecular complexity index is 1390. The second-order valence-corrected chi connectivity index (χ2v) is 10.8. The number of nitrogens with zero attached hydrogens (tertiary/aromatic N) is 3. The zero-order valence-corrected chi connectivity index (χ0v) is 22.9. The maximum Gasteiger partial charge on any atom is 0.414 e. The van der Waals surface area contributed by atoms with E-state index in [9.17, 15) is 19.1 Å². The van der Waals surface area contributed by atoms with Gasteiger partial charge in [0.25, 0.3) is 0 Å². The van der Waals surface area contributed by atoms with Crippen LogP contribution in [-0.4, -0.2) is 53.1 Å². The number of anilines is 1. The lowest BCUT2D eigenvalue weighted by Gasteiger charge is -2.34. The van der Waals surface area contributed by atoms with E-state index in [-0.39, 0.29) is 24.6 Å². The summed E-state index contributed by atoms with van der Waals surface area (Å²) in [7, 11) is 3.12. The molecule has 2 heterocycles. The van der Waals surface area contributed by atoms with Crippen molar-refractivity contribution in [2.75, 3.05) is 19.1 Å². The molecule has 5 rings (SSSR count). The molecule has 8 nitrogen and oxygen atoms in total. The second kappa shape index (κ2) is 11.0. The summed E-state index contributed by atoms with van der Waals surface area (Å²) in [4.78, 5) is 31.9. The summed E-state index contributed by atoms with van der Waals surface area (Å²) in [5.41, 5.74) is 4.36. The first-order chi connectivity index (χ1) is 18.7. The van der Waals surface area contributed by atoms with E-state index in [1.165, 1.54) is 13.2 Å².